The predicted molar refractivity (Wildman–Crippen MR) is 72.1 cm³/mol. The summed E-state index contributed by atoms with van der Waals surface area (Å²) in [5.74, 6) is -0.486. The van der Waals surface area contributed by atoms with Gasteiger partial charge in [0.1, 0.15) is 22.1 Å². The topological polar surface area (TPSA) is 121 Å². The van der Waals surface area contributed by atoms with Crippen LogP contribution in [0.4, 0.5) is 0 Å². The third kappa shape index (κ3) is 2.68. The van der Waals surface area contributed by atoms with Crippen molar-refractivity contribution in [1.29, 1.82) is 0 Å². The number of carbonyl (C=O) groups is 1. The fourth-order valence-corrected chi connectivity index (χ4v) is 1.66. The number of nitrogens with zero attached hydrogens (tertiary/aromatic N) is 4. The molecule has 2 aromatic heterocycles. The highest BCUT2D eigenvalue weighted by atomic mass is 16.6. The molecule has 0 saturated heterocycles. The molecule has 2 N–H and O–H groups in total. The molecule has 0 aliphatic carbocycles. The average Bonchev–Trinajstić information content (AvgIpc) is 3.15. The van der Waals surface area contributed by atoms with Crippen molar-refractivity contribution in [3.63, 3.8) is 0 Å². The van der Waals surface area contributed by atoms with Crippen molar-refractivity contribution in [2.45, 2.75) is 0 Å². The highest BCUT2D eigenvalue weighted by molar-refractivity contribution is 5.95. The van der Waals surface area contributed by atoms with E-state index in [1.165, 1.54) is 6.07 Å². The van der Waals surface area contributed by atoms with Crippen LogP contribution in [-0.4, -0.2) is 26.5 Å². The van der Waals surface area contributed by atoms with E-state index >= 15 is 0 Å². The molecule has 0 spiro atoms. The van der Waals surface area contributed by atoms with Crippen molar-refractivity contribution >= 4 is 28.0 Å². The Morgan fingerprint density at radius 1 is 0.810 bits per heavy atom. The van der Waals surface area contributed by atoms with Gasteiger partial charge in [0.25, 0.3) is 0 Å². The van der Waals surface area contributed by atoms with Crippen LogP contribution < -0.4 is 5.73 Å². The molecule has 4 aromatic rings. The van der Waals surface area contributed by atoms with E-state index in [4.69, 9.17) is 5.73 Å². The number of nitrogens with two attached hydrogens (primary N) is 1. The summed E-state index contributed by atoms with van der Waals surface area (Å²) in [4.78, 5) is 10.7. The lowest BCUT2D eigenvalue weighted by atomic mass is 10.2. The molecule has 0 aliphatic rings. The third-order valence-electron chi connectivity index (χ3n) is 2.70. The fraction of sp³-hybridized carbons (Fsp3) is 0. The van der Waals surface area contributed by atoms with Crippen LogP contribution in [0, 0.1) is 0 Å². The maximum absolute atomic E-state index is 10.7. The first-order chi connectivity index (χ1) is 10.2. The Labute approximate surface area is 117 Å². The summed E-state index contributed by atoms with van der Waals surface area (Å²) in [5, 5.41) is 14.4. The van der Waals surface area contributed by atoms with Gasteiger partial charge in [0.2, 0.25) is 5.91 Å². The van der Waals surface area contributed by atoms with E-state index in [1.54, 1.807) is 12.1 Å². The summed E-state index contributed by atoms with van der Waals surface area (Å²) < 4.78 is 8.91. The van der Waals surface area contributed by atoms with Crippen LogP contribution >= 0.6 is 0 Å². The van der Waals surface area contributed by atoms with Gasteiger partial charge in [0.05, 0.1) is 0 Å². The monoisotopic (exact) mass is 283 g/mol. The van der Waals surface area contributed by atoms with Gasteiger partial charge in [-0.1, -0.05) is 12.1 Å². The van der Waals surface area contributed by atoms with Gasteiger partial charge >= 0.3 is 0 Å². The normalized spacial score (nSPS) is 10.3. The van der Waals surface area contributed by atoms with Crippen LogP contribution in [0.5, 0.6) is 0 Å². The Bertz CT molecular complexity index is 869. The second kappa shape index (κ2) is 5.37. The summed E-state index contributed by atoms with van der Waals surface area (Å²) in [6.07, 6.45) is 0. The van der Waals surface area contributed by atoms with Crippen LogP contribution in [0.2, 0.25) is 0 Å². The number of carbonyl (C=O) groups excluding carboxylic acids is 1. The zero-order valence-corrected chi connectivity index (χ0v) is 10.6. The summed E-state index contributed by atoms with van der Waals surface area (Å²) in [6.45, 7) is 0. The van der Waals surface area contributed by atoms with E-state index in [-0.39, 0.29) is 0 Å². The standard InChI is InChI=1S/C7H5N3O2.C6H4N2O/c8-7(11)4-1-2-5-6(3-4)10-12-9-5;1-2-4-6-5(3-1)7-9-8-6/h1-3H,(H2,8,11);1-4H. The molecule has 0 fully saturated rings. The lowest BCUT2D eigenvalue weighted by molar-refractivity contribution is 0.100. The highest BCUT2D eigenvalue weighted by Gasteiger charge is 2.04. The van der Waals surface area contributed by atoms with E-state index in [1.807, 2.05) is 24.3 Å². The van der Waals surface area contributed by atoms with E-state index in [9.17, 15) is 4.79 Å². The first-order valence-corrected chi connectivity index (χ1v) is 5.93. The SMILES string of the molecule is NC(=O)c1ccc2nonc2c1.c1ccc2nonc2c1. The molecule has 0 radical (unpaired) electrons. The van der Waals surface area contributed by atoms with Gasteiger partial charge in [-0.3, -0.25) is 4.79 Å². The van der Waals surface area contributed by atoms with Gasteiger partial charge < -0.3 is 5.73 Å². The van der Waals surface area contributed by atoms with E-state index < -0.39 is 5.91 Å². The molecule has 0 bridgehead atoms. The molecule has 0 atom stereocenters. The van der Waals surface area contributed by atoms with Crippen molar-refractivity contribution in [3.8, 4) is 0 Å². The number of benzene rings is 2. The smallest absolute Gasteiger partial charge is 0.248 e. The minimum Gasteiger partial charge on any atom is -0.366 e. The first kappa shape index (κ1) is 12.7. The van der Waals surface area contributed by atoms with Crippen LogP contribution in [-0.2, 0) is 0 Å². The molecule has 0 saturated carbocycles. The van der Waals surface area contributed by atoms with Gasteiger partial charge in [-0.25, -0.2) is 9.26 Å². The maximum Gasteiger partial charge on any atom is 0.248 e. The molecular weight excluding hydrogens is 274 g/mol. The maximum atomic E-state index is 10.7. The fourth-order valence-electron chi connectivity index (χ4n) is 1.66. The van der Waals surface area contributed by atoms with Gasteiger partial charge in [-0.05, 0) is 51.0 Å². The Balaban J connectivity index is 0.000000131. The molecule has 21 heavy (non-hydrogen) atoms. The molecule has 104 valence electrons. The van der Waals surface area contributed by atoms with E-state index in [0.717, 1.165) is 11.0 Å². The van der Waals surface area contributed by atoms with Crippen LogP contribution in [0.1, 0.15) is 10.4 Å². The number of amides is 1. The van der Waals surface area contributed by atoms with Crippen molar-refractivity contribution < 1.29 is 14.1 Å². The molecule has 4 rings (SSSR count). The largest absolute Gasteiger partial charge is 0.366 e. The number of primary amides is 1. The minimum atomic E-state index is -0.486. The summed E-state index contributed by atoms with van der Waals surface area (Å²) in [5.41, 5.74) is 8.21. The molecule has 2 heterocycles. The predicted octanol–water partition coefficient (Wildman–Crippen LogP) is 1.54. The third-order valence-corrected chi connectivity index (χ3v) is 2.70. The van der Waals surface area contributed by atoms with Crippen LogP contribution in [0.3, 0.4) is 0 Å². The van der Waals surface area contributed by atoms with Crippen molar-refractivity contribution in [3.05, 3.63) is 48.0 Å². The molecule has 1 amide bonds. The molecular formula is C13H9N5O3. The van der Waals surface area contributed by atoms with Crippen molar-refractivity contribution in [1.82, 2.24) is 20.6 Å². The van der Waals surface area contributed by atoms with Gasteiger partial charge in [-0.2, -0.15) is 0 Å². The zero-order chi connectivity index (χ0) is 14.7. The highest BCUT2D eigenvalue weighted by Crippen LogP contribution is 2.10. The minimum absolute atomic E-state index is 0.401. The lowest BCUT2D eigenvalue weighted by Gasteiger charge is -1.91. The Hall–Kier alpha value is -3.29. The molecule has 0 unspecified atom stereocenters. The van der Waals surface area contributed by atoms with Crippen molar-refractivity contribution in [2.24, 2.45) is 5.73 Å². The van der Waals surface area contributed by atoms with Gasteiger partial charge in [-0.15, -0.1) is 0 Å². The second-order valence-electron chi connectivity index (χ2n) is 4.08. The van der Waals surface area contributed by atoms with Crippen LogP contribution in [0.15, 0.2) is 51.7 Å². The summed E-state index contributed by atoms with van der Waals surface area (Å²) >= 11 is 0. The number of fused-ring (bicyclic) bond motifs is 2. The van der Waals surface area contributed by atoms with Crippen molar-refractivity contribution in [2.75, 3.05) is 0 Å². The Morgan fingerprint density at radius 3 is 1.90 bits per heavy atom. The zero-order valence-electron chi connectivity index (χ0n) is 10.6. The quantitative estimate of drug-likeness (QED) is 0.562. The number of aromatic nitrogens is 4. The lowest BCUT2D eigenvalue weighted by Crippen LogP contribution is -2.10. The average molecular weight is 283 g/mol. The summed E-state index contributed by atoms with van der Waals surface area (Å²) in [7, 11) is 0. The van der Waals surface area contributed by atoms with Crippen LogP contribution in [0.25, 0.3) is 22.1 Å². The second-order valence-corrected chi connectivity index (χ2v) is 4.08. The van der Waals surface area contributed by atoms with Gasteiger partial charge in [0.15, 0.2) is 0 Å². The Morgan fingerprint density at radius 2 is 1.33 bits per heavy atom. The molecule has 8 heteroatoms. The van der Waals surface area contributed by atoms with Gasteiger partial charge in [0, 0.05) is 5.56 Å². The Kier molecular flexibility index (Phi) is 3.26. The van der Waals surface area contributed by atoms with E-state index in [2.05, 4.69) is 29.9 Å². The summed E-state index contributed by atoms with van der Waals surface area (Å²) in [6, 6.07) is 12.2. The first-order valence-electron chi connectivity index (χ1n) is 5.93. The molecule has 0 aliphatic heterocycles. The van der Waals surface area contributed by atoms with E-state index in [0.29, 0.717) is 16.6 Å². The number of hydrogen-bond acceptors (Lipinski definition) is 7. The molecule has 2 aromatic carbocycles. The molecule has 8 nitrogen and oxygen atoms in total. The number of hydrogen-bond donors (Lipinski definition) is 1. The number of rotatable bonds is 1.